The van der Waals surface area contributed by atoms with Gasteiger partial charge in [-0.3, -0.25) is 0 Å². The van der Waals surface area contributed by atoms with Crippen LogP contribution in [0.1, 0.15) is 18.7 Å². The first-order chi connectivity index (χ1) is 9.92. The van der Waals surface area contributed by atoms with E-state index in [0.29, 0.717) is 11.8 Å². The lowest BCUT2D eigenvalue weighted by Crippen LogP contribution is -2.35. The molecule has 21 heavy (non-hydrogen) atoms. The van der Waals surface area contributed by atoms with Crippen LogP contribution in [0.4, 0.5) is 5.95 Å². The van der Waals surface area contributed by atoms with E-state index < -0.39 is 10.2 Å². The molecule has 118 valence electrons. The van der Waals surface area contributed by atoms with E-state index in [9.17, 15) is 8.42 Å². The molecule has 10 heteroatoms. The zero-order chi connectivity index (χ0) is 15.5. The largest absolute Gasteiger partial charge is 0.467 e. The first kappa shape index (κ1) is 15.9. The number of nitrogens with one attached hydrogen (secondary N) is 1. The highest BCUT2D eigenvalue weighted by Crippen LogP contribution is 2.17. The predicted molar refractivity (Wildman–Crippen MR) is 77.3 cm³/mol. The van der Waals surface area contributed by atoms with E-state index in [4.69, 9.17) is 4.74 Å². The summed E-state index contributed by atoms with van der Waals surface area (Å²) in [6.45, 7) is 1.76. The molecule has 2 heterocycles. The lowest BCUT2D eigenvalue weighted by molar-refractivity contribution is 0.375. The molecule has 1 N–H and O–H groups in total. The molecule has 1 aromatic rings. The van der Waals surface area contributed by atoms with Crippen LogP contribution in [0.25, 0.3) is 0 Å². The van der Waals surface area contributed by atoms with Crippen molar-refractivity contribution in [1.29, 1.82) is 0 Å². The van der Waals surface area contributed by atoms with Gasteiger partial charge in [-0.15, -0.1) is 0 Å². The van der Waals surface area contributed by atoms with Crippen LogP contribution >= 0.6 is 0 Å². The van der Waals surface area contributed by atoms with E-state index in [2.05, 4.69) is 19.7 Å². The molecule has 0 amide bonds. The standard InChI is InChI=1S/C11H20N6O3S/c1-16(2)21(18,19)12-8-9-13-10(15-11(14-9)20-3)17-6-4-5-7-17/h12H,4-8H2,1-3H3. The van der Waals surface area contributed by atoms with Crippen molar-refractivity contribution in [3.8, 4) is 6.01 Å². The third-order valence-corrected chi connectivity index (χ3v) is 4.58. The predicted octanol–water partition coefficient (Wildman–Crippen LogP) is -0.624. The lowest BCUT2D eigenvalue weighted by Gasteiger charge is -2.16. The number of anilines is 1. The van der Waals surface area contributed by atoms with Gasteiger partial charge >= 0.3 is 6.01 Å². The summed E-state index contributed by atoms with van der Waals surface area (Å²) in [6.07, 6.45) is 2.19. The molecule has 0 unspecified atom stereocenters. The molecule has 1 aliphatic heterocycles. The maximum atomic E-state index is 11.7. The Balaban J connectivity index is 2.17. The Morgan fingerprint density at radius 2 is 1.90 bits per heavy atom. The summed E-state index contributed by atoms with van der Waals surface area (Å²) in [5.41, 5.74) is 0. The number of nitrogens with zero attached hydrogens (tertiary/aromatic N) is 5. The average molecular weight is 316 g/mol. The monoisotopic (exact) mass is 316 g/mol. The van der Waals surface area contributed by atoms with E-state index in [-0.39, 0.29) is 12.6 Å². The third-order valence-electron chi connectivity index (χ3n) is 3.11. The number of hydrogen-bond donors (Lipinski definition) is 1. The van der Waals surface area contributed by atoms with Crippen LogP contribution in [0.3, 0.4) is 0 Å². The van der Waals surface area contributed by atoms with Crippen molar-refractivity contribution in [2.45, 2.75) is 19.4 Å². The summed E-state index contributed by atoms with van der Waals surface area (Å²) >= 11 is 0. The van der Waals surface area contributed by atoms with Crippen molar-refractivity contribution in [2.75, 3.05) is 39.2 Å². The summed E-state index contributed by atoms with van der Waals surface area (Å²) in [4.78, 5) is 14.6. The molecule has 0 aromatic carbocycles. The zero-order valence-corrected chi connectivity index (χ0v) is 13.2. The highest BCUT2D eigenvalue weighted by Gasteiger charge is 2.19. The Morgan fingerprint density at radius 1 is 1.24 bits per heavy atom. The Kier molecular flexibility index (Phi) is 4.91. The number of rotatable bonds is 6. The maximum Gasteiger partial charge on any atom is 0.321 e. The van der Waals surface area contributed by atoms with Gasteiger partial charge in [-0.1, -0.05) is 0 Å². The first-order valence-corrected chi connectivity index (χ1v) is 8.07. The second-order valence-electron chi connectivity index (χ2n) is 4.84. The fourth-order valence-electron chi connectivity index (χ4n) is 1.90. The first-order valence-electron chi connectivity index (χ1n) is 6.63. The smallest absolute Gasteiger partial charge is 0.321 e. The highest BCUT2D eigenvalue weighted by atomic mass is 32.2. The summed E-state index contributed by atoms with van der Waals surface area (Å²) < 4.78 is 32.0. The number of hydrogen-bond acceptors (Lipinski definition) is 7. The van der Waals surface area contributed by atoms with Crippen LogP contribution in [-0.2, 0) is 16.8 Å². The minimum Gasteiger partial charge on any atom is -0.467 e. The van der Waals surface area contributed by atoms with E-state index in [0.717, 1.165) is 30.2 Å². The molecule has 0 spiro atoms. The van der Waals surface area contributed by atoms with Crippen LogP contribution < -0.4 is 14.4 Å². The number of methoxy groups -OCH3 is 1. The summed E-state index contributed by atoms with van der Waals surface area (Å²) in [7, 11) is 0.851. The molecular formula is C11H20N6O3S. The van der Waals surface area contributed by atoms with Crippen LogP contribution in [0.2, 0.25) is 0 Å². The van der Waals surface area contributed by atoms with Crippen LogP contribution in [0.5, 0.6) is 6.01 Å². The minimum absolute atomic E-state index is 0.0137. The van der Waals surface area contributed by atoms with Gasteiger partial charge in [0.25, 0.3) is 10.2 Å². The summed E-state index contributed by atoms with van der Waals surface area (Å²) in [5.74, 6) is 0.854. The van der Waals surface area contributed by atoms with Gasteiger partial charge in [-0.05, 0) is 12.8 Å². The topological polar surface area (TPSA) is 101 Å². The fourth-order valence-corrected chi connectivity index (χ4v) is 2.47. The molecule has 0 atom stereocenters. The van der Waals surface area contributed by atoms with Crippen molar-refractivity contribution < 1.29 is 13.2 Å². The molecular weight excluding hydrogens is 296 g/mol. The van der Waals surface area contributed by atoms with Crippen molar-refractivity contribution in [1.82, 2.24) is 24.0 Å². The normalized spacial score (nSPS) is 15.7. The van der Waals surface area contributed by atoms with E-state index in [1.807, 2.05) is 4.90 Å². The summed E-state index contributed by atoms with van der Waals surface area (Å²) in [5, 5.41) is 0. The van der Waals surface area contributed by atoms with E-state index >= 15 is 0 Å². The van der Waals surface area contributed by atoms with Crippen molar-refractivity contribution >= 4 is 16.2 Å². The summed E-state index contributed by atoms with van der Waals surface area (Å²) in [6, 6.07) is 0.186. The van der Waals surface area contributed by atoms with E-state index in [1.54, 1.807) is 0 Å². The second-order valence-corrected chi connectivity index (χ2v) is 6.81. The van der Waals surface area contributed by atoms with E-state index in [1.165, 1.54) is 21.2 Å². The van der Waals surface area contributed by atoms with Gasteiger partial charge in [0.05, 0.1) is 13.7 Å². The molecule has 0 saturated carbocycles. The quantitative estimate of drug-likeness (QED) is 0.746. The molecule has 1 aliphatic rings. The molecule has 1 aromatic heterocycles. The second kappa shape index (κ2) is 6.50. The van der Waals surface area contributed by atoms with Crippen molar-refractivity contribution in [3.05, 3.63) is 5.82 Å². The molecule has 2 rings (SSSR count). The lowest BCUT2D eigenvalue weighted by atomic mass is 10.4. The van der Waals surface area contributed by atoms with Crippen LogP contribution in [0.15, 0.2) is 0 Å². The van der Waals surface area contributed by atoms with Crippen LogP contribution in [-0.4, -0.2) is 62.0 Å². The van der Waals surface area contributed by atoms with Gasteiger partial charge in [-0.2, -0.15) is 32.4 Å². The molecule has 0 radical (unpaired) electrons. The van der Waals surface area contributed by atoms with Gasteiger partial charge < -0.3 is 9.64 Å². The van der Waals surface area contributed by atoms with Gasteiger partial charge in [0.15, 0.2) is 5.82 Å². The molecule has 0 bridgehead atoms. The third kappa shape index (κ3) is 3.99. The Labute approximate surface area is 124 Å². The number of ether oxygens (including phenoxy) is 1. The average Bonchev–Trinajstić information content (AvgIpc) is 2.99. The fraction of sp³-hybridized carbons (Fsp3) is 0.727. The Hall–Kier alpha value is -1.52. The van der Waals surface area contributed by atoms with Gasteiger partial charge in [0.2, 0.25) is 5.95 Å². The maximum absolute atomic E-state index is 11.7. The molecule has 0 aliphatic carbocycles. The van der Waals surface area contributed by atoms with Gasteiger partial charge in [-0.25, -0.2) is 0 Å². The molecule has 9 nitrogen and oxygen atoms in total. The Morgan fingerprint density at radius 3 is 2.48 bits per heavy atom. The highest BCUT2D eigenvalue weighted by molar-refractivity contribution is 7.87. The Bertz CT molecular complexity index is 586. The zero-order valence-electron chi connectivity index (χ0n) is 12.4. The SMILES string of the molecule is COc1nc(CNS(=O)(=O)N(C)C)nc(N2CCCC2)n1. The van der Waals surface area contributed by atoms with Gasteiger partial charge in [0.1, 0.15) is 0 Å². The number of aromatic nitrogens is 3. The molecule has 1 fully saturated rings. The van der Waals surface area contributed by atoms with Crippen molar-refractivity contribution in [2.24, 2.45) is 0 Å². The molecule has 1 saturated heterocycles. The van der Waals surface area contributed by atoms with Crippen LogP contribution in [0, 0.1) is 0 Å². The van der Waals surface area contributed by atoms with Gasteiger partial charge in [0, 0.05) is 27.2 Å². The van der Waals surface area contributed by atoms with Crippen molar-refractivity contribution in [3.63, 3.8) is 0 Å². The minimum atomic E-state index is -3.52.